The molecule has 0 aliphatic rings. The van der Waals surface area contributed by atoms with E-state index < -0.39 is 0 Å². The van der Waals surface area contributed by atoms with Gasteiger partial charge in [-0.2, -0.15) is 5.10 Å². The minimum atomic E-state index is 0.162. The molecule has 0 amide bonds. The Morgan fingerprint density at radius 1 is 1.26 bits per heavy atom. The van der Waals surface area contributed by atoms with Crippen molar-refractivity contribution >= 4 is 0 Å². The molecule has 0 fully saturated rings. The Bertz CT molecular complexity index is 507. The summed E-state index contributed by atoms with van der Waals surface area (Å²) in [4.78, 5) is 8.64. The van der Waals surface area contributed by atoms with Gasteiger partial charge in [0.15, 0.2) is 11.6 Å². The van der Waals surface area contributed by atoms with E-state index in [4.69, 9.17) is 5.11 Å². The van der Waals surface area contributed by atoms with Gasteiger partial charge in [0, 0.05) is 37.5 Å². The molecule has 2 aromatic heterocycles. The Morgan fingerprint density at radius 2 is 2.00 bits per heavy atom. The highest BCUT2D eigenvalue weighted by molar-refractivity contribution is 5.53. The lowest BCUT2D eigenvalue weighted by atomic mass is 10.1. The van der Waals surface area contributed by atoms with Gasteiger partial charge in [0.2, 0.25) is 0 Å². The average molecular weight is 260 g/mol. The number of hydrogen-bond donors (Lipinski definition) is 1. The molecule has 0 aromatic carbocycles. The van der Waals surface area contributed by atoms with Gasteiger partial charge in [0.25, 0.3) is 0 Å². The first-order chi connectivity index (χ1) is 9.20. The zero-order valence-electron chi connectivity index (χ0n) is 11.5. The van der Waals surface area contributed by atoms with E-state index in [2.05, 4.69) is 28.9 Å². The summed E-state index contributed by atoms with van der Waals surface area (Å²) in [5, 5.41) is 13.5. The van der Waals surface area contributed by atoms with Crippen LogP contribution in [0.1, 0.15) is 26.1 Å². The Labute approximate surface area is 113 Å². The van der Waals surface area contributed by atoms with Gasteiger partial charge in [-0.3, -0.25) is 4.98 Å². The third-order valence-electron chi connectivity index (χ3n) is 2.77. The Hall–Kier alpha value is -1.75. The molecule has 5 heteroatoms. The summed E-state index contributed by atoms with van der Waals surface area (Å²) in [5.41, 5.74) is 1.01. The minimum Gasteiger partial charge on any atom is -0.396 e. The fourth-order valence-corrected chi connectivity index (χ4v) is 1.93. The molecule has 1 N–H and O–H groups in total. The summed E-state index contributed by atoms with van der Waals surface area (Å²) in [5.74, 6) is 2.24. The van der Waals surface area contributed by atoms with Crippen molar-refractivity contribution in [2.24, 2.45) is 5.92 Å². The predicted octanol–water partition coefficient (Wildman–Crippen LogP) is 1.92. The highest BCUT2D eigenvalue weighted by Crippen LogP contribution is 2.17. The first-order valence-electron chi connectivity index (χ1n) is 6.65. The molecule has 0 bridgehead atoms. The summed E-state index contributed by atoms with van der Waals surface area (Å²) in [6, 6.07) is 3.86. The highest BCUT2D eigenvalue weighted by Gasteiger charge is 2.12. The normalized spacial score (nSPS) is 11.2. The maximum absolute atomic E-state index is 8.97. The molecule has 0 unspecified atom stereocenters. The lowest BCUT2D eigenvalue weighted by Crippen LogP contribution is -2.05. The first-order valence-corrected chi connectivity index (χ1v) is 6.65. The van der Waals surface area contributed by atoms with Gasteiger partial charge in [0.1, 0.15) is 0 Å². The fraction of sp³-hybridized carbons (Fsp3) is 0.500. The van der Waals surface area contributed by atoms with E-state index in [1.807, 2.05) is 16.8 Å². The van der Waals surface area contributed by atoms with E-state index in [0.29, 0.717) is 18.9 Å². The van der Waals surface area contributed by atoms with Crippen LogP contribution in [0.15, 0.2) is 24.5 Å². The second-order valence-electron chi connectivity index (χ2n) is 4.99. The van der Waals surface area contributed by atoms with Crippen LogP contribution in [0.5, 0.6) is 0 Å². The fourth-order valence-electron chi connectivity index (χ4n) is 1.93. The van der Waals surface area contributed by atoms with Crippen molar-refractivity contribution in [2.45, 2.75) is 33.2 Å². The van der Waals surface area contributed by atoms with Crippen molar-refractivity contribution in [3.05, 3.63) is 30.4 Å². The molecule has 0 aliphatic heterocycles. The number of pyridine rings is 1. The Kier molecular flexibility index (Phi) is 4.63. The predicted molar refractivity (Wildman–Crippen MR) is 73.5 cm³/mol. The van der Waals surface area contributed by atoms with E-state index in [9.17, 15) is 0 Å². The molecule has 102 valence electrons. The van der Waals surface area contributed by atoms with E-state index in [1.165, 1.54) is 0 Å². The molecule has 0 radical (unpaired) electrons. The van der Waals surface area contributed by atoms with Crippen LogP contribution < -0.4 is 0 Å². The van der Waals surface area contributed by atoms with Gasteiger partial charge in [-0.05, 0) is 24.5 Å². The van der Waals surface area contributed by atoms with Crippen LogP contribution in [0.3, 0.4) is 0 Å². The number of aryl methyl sites for hydroxylation is 1. The Balaban J connectivity index is 2.31. The van der Waals surface area contributed by atoms with Crippen LogP contribution in [-0.4, -0.2) is 31.5 Å². The summed E-state index contributed by atoms with van der Waals surface area (Å²) in [6.45, 7) is 5.15. The maximum Gasteiger partial charge on any atom is 0.158 e. The largest absolute Gasteiger partial charge is 0.396 e. The zero-order valence-corrected chi connectivity index (χ0v) is 11.5. The molecule has 0 atom stereocenters. The van der Waals surface area contributed by atoms with Crippen molar-refractivity contribution in [1.82, 2.24) is 19.7 Å². The van der Waals surface area contributed by atoms with Gasteiger partial charge in [-0.15, -0.1) is 0 Å². The van der Waals surface area contributed by atoms with Crippen molar-refractivity contribution in [1.29, 1.82) is 0 Å². The monoisotopic (exact) mass is 260 g/mol. The maximum atomic E-state index is 8.97. The summed E-state index contributed by atoms with van der Waals surface area (Å²) < 4.78 is 1.88. The molecule has 0 saturated carbocycles. The zero-order chi connectivity index (χ0) is 13.7. The van der Waals surface area contributed by atoms with E-state index >= 15 is 0 Å². The summed E-state index contributed by atoms with van der Waals surface area (Å²) in [7, 11) is 0. The molecule has 19 heavy (non-hydrogen) atoms. The highest BCUT2D eigenvalue weighted by atomic mass is 16.3. The number of aromatic nitrogens is 4. The van der Waals surface area contributed by atoms with E-state index in [0.717, 1.165) is 23.6 Å². The smallest absolute Gasteiger partial charge is 0.158 e. The van der Waals surface area contributed by atoms with Gasteiger partial charge < -0.3 is 5.11 Å². The SMILES string of the molecule is CC(C)Cc1nc(-c2ccncc2)n(CCCO)n1. The van der Waals surface area contributed by atoms with Crippen LogP contribution >= 0.6 is 0 Å². The third-order valence-corrected chi connectivity index (χ3v) is 2.77. The second-order valence-corrected chi connectivity index (χ2v) is 4.99. The average Bonchev–Trinajstić information content (AvgIpc) is 2.79. The third kappa shape index (κ3) is 3.61. The van der Waals surface area contributed by atoms with Gasteiger partial charge in [-0.1, -0.05) is 13.8 Å². The van der Waals surface area contributed by atoms with Crippen molar-refractivity contribution in [3.8, 4) is 11.4 Å². The Morgan fingerprint density at radius 3 is 2.63 bits per heavy atom. The topological polar surface area (TPSA) is 63.8 Å². The molecule has 0 saturated heterocycles. The summed E-state index contributed by atoms with van der Waals surface area (Å²) >= 11 is 0. The van der Waals surface area contributed by atoms with Gasteiger partial charge in [-0.25, -0.2) is 9.67 Å². The molecule has 2 heterocycles. The lowest BCUT2D eigenvalue weighted by molar-refractivity contribution is 0.277. The van der Waals surface area contributed by atoms with Crippen molar-refractivity contribution < 1.29 is 5.11 Å². The molecular formula is C14H20N4O. The first kappa shape index (κ1) is 13.7. The van der Waals surface area contributed by atoms with Crippen LogP contribution in [0.4, 0.5) is 0 Å². The van der Waals surface area contributed by atoms with Crippen molar-refractivity contribution in [3.63, 3.8) is 0 Å². The summed E-state index contributed by atoms with van der Waals surface area (Å²) in [6.07, 6.45) is 5.05. The van der Waals surface area contributed by atoms with Crippen molar-refractivity contribution in [2.75, 3.05) is 6.61 Å². The van der Waals surface area contributed by atoms with Crippen LogP contribution in [0, 0.1) is 5.92 Å². The van der Waals surface area contributed by atoms with Gasteiger partial charge >= 0.3 is 0 Å². The van der Waals surface area contributed by atoms with E-state index in [1.54, 1.807) is 12.4 Å². The van der Waals surface area contributed by atoms with Crippen LogP contribution in [0.25, 0.3) is 11.4 Å². The standard InChI is InChI=1S/C14H20N4O/c1-11(2)10-13-16-14(12-4-6-15-7-5-12)18(17-13)8-3-9-19/h4-7,11,19H,3,8-10H2,1-2H3. The molecule has 5 nitrogen and oxygen atoms in total. The molecular weight excluding hydrogens is 240 g/mol. The quantitative estimate of drug-likeness (QED) is 0.862. The number of aliphatic hydroxyl groups is 1. The van der Waals surface area contributed by atoms with Crippen LogP contribution in [0.2, 0.25) is 0 Å². The second kappa shape index (κ2) is 6.43. The molecule has 2 aromatic rings. The minimum absolute atomic E-state index is 0.162. The number of rotatable bonds is 6. The van der Waals surface area contributed by atoms with Gasteiger partial charge in [0.05, 0.1) is 0 Å². The van der Waals surface area contributed by atoms with E-state index in [-0.39, 0.29) is 6.61 Å². The number of aliphatic hydroxyl groups excluding tert-OH is 1. The number of hydrogen-bond acceptors (Lipinski definition) is 4. The van der Waals surface area contributed by atoms with Crippen LogP contribution in [-0.2, 0) is 13.0 Å². The molecule has 0 spiro atoms. The number of nitrogens with zero attached hydrogens (tertiary/aromatic N) is 4. The lowest BCUT2D eigenvalue weighted by Gasteiger charge is -2.04. The molecule has 0 aliphatic carbocycles. The molecule has 2 rings (SSSR count).